The molecule has 10 heteroatoms. The summed E-state index contributed by atoms with van der Waals surface area (Å²) in [6.07, 6.45) is -1.63. The van der Waals surface area contributed by atoms with Gasteiger partial charge in [0.05, 0.1) is 0 Å². The predicted octanol–water partition coefficient (Wildman–Crippen LogP) is 3.36. The molecule has 2 aromatic carbocycles. The van der Waals surface area contributed by atoms with E-state index in [1.54, 1.807) is 0 Å². The second-order valence-electron chi connectivity index (χ2n) is 9.23. The first-order chi connectivity index (χ1) is 17.6. The molecule has 4 rings (SSSR count). The molecule has 1 unspecified atom stereocenters. The van der Waals surface area contributed by atoms with Gasteiger partial charge in [-0.3, -0.25) is 14.5 Å². The van der Waals surface area contributed by atoms with Crippen LogP contribution < -0.4 is 10.6 Å². The summed E-state index contributed by atoms with van der Waals surface area (Å²) >= 11 is 0. The fraction of sp³-hybridized carbons (Fsp3) is 0.444. The Labute approximate surface area is 214 Å². The van der Waals surface area contributed by atoms with Crippen molar-refractivity contribution in [2.75, 3.05) is 26.2 Å². The number of nitrogens with one attached hydrogen (secondary N) is 2. The van der Waals surface area contributed by atoms with Crippen molar-refractivity contribution in [1.82, 2.24) is 15.5 Å². The number of alkyl halides is 3. The van der Waals surface area contributed by atoms with Gasteiger partial charge in [0.15, 0.2) is 5.78 Å². The summed E-state index contributed by atoms with van der Waals surface area (Å²) in [6, 6.07) is 16.6. The van der Waals surface area contributed by atoms with Crippen LogP contribution in [0.15, 0.2) is 48.5 Å². The number of carboxylic acid groups (broad SMARTS) is 1. The van der Waals surface area contributed by atoms with Gasteiger partial charge in [-0.05, 0) is 55.1 Å². The number of nitrogens with zero attached hydrogens (tertiary/aromatic N) is 1. The third-order valence-corrected chi connectivity index (χ3v) is 6.38. The third kappa shape index (κ3) is 9.29. The van der Waals surface area contributed by atoms with Crippen molar-refractivity contribution in [2.24, 2.45) is 0 Å². The zero-order chi connectivity index (χ0) is 26.8. The van der Waals surface area contributed by atoms with E-state index in [0.29, 0.717) is 0 Å². The van der Waals surface area contributed by atoms with Crippen molar-refractivity contribution in [2.45, 2.75) is 50.9 Å². The molecule has 1 saturated heterocycles. The van der Waals surface area contributed by atoms with Crippen molar-refractivity contribution in [3.63, 3.8) is 0 Å². The maximum absolute atomic E-state index is 12.6. The van der Waals surface area contributed by atoms with Gasteiger partial charge in [-0.2, -0.15) is 13.2 Å². The average molecular weight is 520 g/mol. The van der Waals surface area contributed by atoms with Crippen molar-refractivity contribution in [1.29, 1.82) is 0 Å². The Balaban J connectivity index is 0.000000479. The summed E-state index contributed by atoms with van der Waals surface area (Å²) in [7, 11) is 0. The lowest BCUT2D eigenvalue weighted by Gasteiger charge is -2.16. The fourth-order valence-electron chi connectivity index (χ4n) is 4.45. The van der Waals surface area contributed by atoms with Gasteiger partial charge >= 0.3 is 12.1 Å². The number of aliphatic carboxylic acids is 1. The summed E-state index contributed by atoms with van der Waals surface area (Å²) < 4.78 is 31.7. The molecule has 0 radical (unpaired) electrons. The summed E-state index contributed by atoms with van der Waals surface area (Å²) in [5, 5.41) is 13.6. The monoisotopic (exact) mass is 519 g/mol. The molecular formula is C27H32F3N3O4. The summed E-state index contributed by atoms with van der Waals surface area (Å²) in [6.45, 7) is 4.72. The Bertz CT molecular complexity index is 1080. The molecular weight excluding hydrogens is 487 g/mol. The van der Waals surface area contributed by atoms with Crippen LogP contribution in [0.25, 0.3) is 0 Å². The molecule has 2 aliphatic heterocycles. The molecule has 200 valence electrons. The summed E-state index contributed by atoms with van der Waals surface area (Å²) in [5.41, 5.74) is 4.63. The quantitative estimate of drug-likeness (QED) is 0.486. The van der Waals surface area contributed by atoms with Crippen molar-refractivity contribution < 1.29 is 32.7 Å². The SMILES string of the molecule is O=C(CCC(=O)c1ccc2c(c1)CCNCC2)NC1CCN(Cc2ccccc2)C1.O=C(O)C(F)(F)F. The van der Waals surface area contributed by atoms with E-state index in [2.05, 4.69) is 45.9 Å². The van der Waals surface area contributed by atoms with Gasteiger partial charge in [0.2, 0.25) is 5.91 Å². The van der Waals surface area contributed by atoms with Gasteiger partial charge in [0.1, 0.15) is 0 Å². The largest absolute Gasteiger partial charge is 0.490 e. The van der Waals surface area contributed by atoms with Gasteiger partial charge in [-0.1, -0.05) is 42.5 Å². The molecule has 0 aromatic heterocycles. The zero-order valence-corrected chi connectivity index (χ0v) is 20.5. The minimum Gasteiger partial charge on any atom is -0.475 e. The minimum atomic E-state index is -5.08. The smallest absolute Gasteiger partial charge is 0.475 e. The van der Waals surface area contributed by atoms with Crippen LogP contribution in [0.3, 0.4) is 0 Å². The van der Waals surface area contributed by atoms with Crippen LogP contribution in [0.1, 0.15) is 46.3 Å². The van der Waals surface area contributed by atoms with Crippen LogP contribution in [0.4, 0.5) is 13.2 Å². The highest BCUT2D eigenvalue weighted by molar-refractivity contribution is 5.98. The first kappa shape index (κ1) is 28.3. The Hall–Kier alpha value is -3.24. The lowest BCUT2D eigenvalue weighted by atomic mass is 9.97. The second-order valence-corrected chi connectivity index (χ2v) is 9.23. The number of fused-ring (bicyclic) bond motifs is 1. The summed E-state index contributed by atoms with van der Waals surface area (Å²) in [5.74, 6) is -2.72. The van der Waals surface area contributed by atoms with Crippen molar-refractivity contribution >= 4 is 17.7 Å². The summed E-state index contributed by atoms with van der Waals surface area (Å²) in [4.78, 5) is 36.3. The van der Waals surface area contributed by atoms with Crippen molar-refractivity contribution in [3.8, 4) is 0 Å². The maximum Gasteiger partial charge on any atom is 0.490 e. The van der Waals surface area contributed by atoms with E-state index >= 15 is 0 Å². The van der Waals surface area contributed by atoms with E-state index in [1.807, 2.05) is 18.2 Å². The van der Waals surface area contributed by atoms with Crippen LogP contribution in [0.2, 0.25) is 0 Å². The molecule has 2 aliphatic rings. The van der Waals surface area contributed by atoms with Gasteiger partial charge in [-0.25, -0.2) is 4.79 Å². The van der Waals surface area contributed by atoms with E-state index in [4.69, 9.17) is 9.90 Å². The van der Waals surface area contributed by atoms with E-state index in [1.165, 1.54) is 16.7 Å². The number of ketones is 1. The Morgan fingerprint density at radius 3 is 2.35 bits per heavy atom. The molecule has 2 heterocycles. The van der Waals surface area contributed by atoms with Crippen LogP contribution in [-0.2, 0) is 29.0 Å². The molecule has 0 spiro atoms. The van der Waals surface area contributed by atoms with E-state index in [-0.39, 0.29) is 30.6 Å². The Morgan fingerprint density at radius 1 is 1.00 bits per heavy atom. The van der Waals surface area contributed by atoms with Crippen LogP contribution in [0, 0.1) is 0 Å². The molecule has 37 heavy (non-hydrogen) atoms. The molecule has 0 aliphatic carbocycles. The van der Waals surface area contributed by atoms with Crippen LogP contribution in [0.5, 0.6) is 0 Å². The molecule has 7 nitrogen and oxygen atoms in total. The van der Waals surface area contributed by atoms with Gasteiger partial charge in [0.25, 0.3) is 0 Å². The number of carbonyl (C=O) groups is 3. The zero-order valence-electron chi connectivity index (χ0n) is 20.5. The number of carboxylic acids is 1. The van der Waals surface area contributed by atoms with E-state index < -0.39 is 12.1 Å². The van der Waals surface area contributed by atoms with Crippen LogP contribution >= 0.6 is 0 Å². The molecule has 0 bridgehead atoms. The molecule has 3 N–H and O–H groups in total. The number of Topliss-reactive ketones (excluding diaryl/α,β-unsaturated/α-hetero) is 1. The number of halogens is 3. The molecule has 2 aromatic rings. The number of benzene rings is 2. The van der Waals surface area contributed by atoms with E-state index in [9.17, 15) is 22.8 Å². The van der Waals surface area contributed by atoms with Gasteiger partial charge in [0, 0.05) is 44.1 Å². The number of hydrogen-bond acceptors (Lipinski definition) is 5. The highest BCUT2D eigenvalue weighted by Crippen LogP contribution is 2.18. The normalized spacial score (nSPS) is 17.6. The highest BCUT2D eigenvalue weighted by Gasteiger charge is 2.38. The molecule has 0 saturated carbocycles. The number of likely N-dealkylation sites (tertiary alicyclic amines) is 1. The first-order valence-corrected chi connectivity index (χ1v) is 12.3. The van der Waals surface area contributed by atoms with Gasteiger partial charge in [-0.15, -0.1) is 0 Å². The number of amides is 1. The fourth-order valence-corrected chi connectivity index (χ4v) is 4.45. The van der Waals surface area contributed by atoms with Crippen molar-refractivity contribution in [3.05, 3.63) is 70.8 Å². The molecule has 1 atom stereocenters. The second kappa shape index (κ2) is 13.3. The predicted molar refractivity (Wildman–Crippen MR) is 132 cm³/mol. The van der Waals surface area contributed by atoms with E-state index in [0.717, 1.165) is 57.5 Å². The maximum atomic E-state index is 12.6. The lowest BCUT2D eigenvalue weighted by molar-refractivity contribution is -0.192. The Morgan fingerprint density at radius 2 is 1.68 bits per heavy atom. The average Bonchev–Trinajstić information content (AvgIpc) is 3.15. The number of carbonyl (C=O) groups excluding carboxylic acids is 2. The topological polar surface area (TPSA) is 98.7 Å². The van der Waals surface area contributed by atoms with Crippen LogP contribution in [-0.4, -0.2) is 66.1 Å². The lowest BCUT2D eigenvalue weighted by Crippen LogP contribution is -2.37. The Kier molecular flexibility index (Phi) is 10.2. The first-order valence-electron chi connectivity index (χ1n) is 12.3. The molecule has 1 fully saturated rings. The third-order valence-electron chi connectivity index (χ3n) is 6.38. The highest BCUT2D eigenvalue weighted by atomic mass is 19.4. The number of rotatable bonds is 7. The van der Waals surface area contributed by atoms with Gasteiger partial charge < -0.3 is 15.7 Å². The standard InChI is InChI=1S/C25H31N3O2.C2HF3O2/c29-24(22-7-6-20-10-13-26-14-11-21(20)16-22)8-9-25(30)27-23-12-15-28(18-23)17-19-4-2-1-3-5-19;3-2(4,5)1(6)7/h1-7,16,23,26H,8-15,17-18H2,(H,27,30);(H,6,7). The number of hydrogen-bond donors (Lipinski definition) is 3. The molecule has 1 amide bonds. The minimum absolute atomic E-state index is 0.0196.